The van der Waals surface area contributed by atoms with Crippen molar-refractivity contribution in [2.75, 3.05) is 13.1 Å². The summed E-state index contributed by atoms with van der Waals surface area (Å²) in [7, 11) is 0. The van der Waals surface area contributed by atoms with E-state index in [2.05, 4.69) is 10.5 Å². The van der Waals surface area contributed by atoms with Crippen LogP contribution in [0.1, 0.15) is 5.56 Å². The predicted octanol–water partition coefficient (Wildman–Crippen LogP) is -0.0602. The van der Waals surface area contributed by atoms with Crippen LogP contribution in [0.4, 0.5) is 0 Å². The molecule has 15 heavy (non-hydrogen) atoms. The van der Waals surface area contributed by atoms with Crippen molar-refractivity contribution in [2.45, 2.75) is 0 Å². The zero-order valence-corrected chi connectivity index (χ0v) is 8.18. The smallest absolute Gasteiger partial charge is 0.273 e. The molecule has 0 saturated carbocycles. The van der Waals surface area contributed by atoms with E-state index in [-0.39, 0.29) is 5.71 Å². The fraction of sp³-hybridized carbons (Fsp3) is 0.200. The second kappa shape index (κ2) is 5.77. The van der Waals surface area contributed by atoms with E-state index in [0.29, 0.717) is 18.7 Å². The summed E-state index contributed by atoms with van der Waals surface area (Å²) in [5.41, 5.74) is 5.79. The maximum absolute atomic E-state index is 11.5. The van der Waals surface area contributed by atoms with Crippen LogP contribution in [0.25, 0.3) is 0 Å². The molecule has 0 aliphatic rings. The lowest BCUT2D eigenvalue weighted by molar-refractivity contribution is -0.114. The van der Waals surface area contributed by atoms with E-state index in [4.69, 9.17) is 10.9 Å². The van der Waals surface area contributed by atoms with Gasteiger partial charge in [-0.25, -0.2) is 0 Å². The number of hydrogen-bond donors (Lipinski definition) is 3. The molecule has 4 N–H and O–H groups in total. The summed E-state index contributed by atoms with van der Waals surface area (Å²) in [6.45, 7) is 0.698. The number of nitrogens with zero attached hydrogens (tertiary/aromatic N) is 1. The van der Waals surface area contributed by atoms with E-state index >= 15 is 0 Å². The number of amides is 1. The Hall–Kier alpha value is -1.88. The molecular formula is C10H13N3O2. The van der Waals surface area contributed by atoms with Crippen LogP contribution in [0.3, 0.4) is 0 Å². The number of rotatable bonds is 4. The summed E-state index contributed by atoms with van der Waals surface area (Å²) in [6, 6.07) is 8.72. The fourth-order valence-electron chi connectivity index (χ4n) is 1.10. The Morgan fingerprint density at radius 3 is 2.60 bits per heavy atom. The number of hydrogen-bond acceptors (Lipinski definition) is 4. The van der Waals surface area contributed by atoms with Crippen LogP contribution >= 0.6 is 0 Å². The molecule has 0 bridgehead atoms. The molecule has 1 aromatic carbocycles. The predicted molar refractivity (Wildman–Crippen MR) is 56.8 cm³/mol. The third-order valence-electron chi connectivity index (χ3n) is 1.79. The number of oxime groups is 1. The molecule has 5 heteroatoms. The fourth-order valence-corrected chi connectivity index (χ4v) is 1.10. The Labute approximate surface area is 87.6 Å². The lowest BCUT2D eigenvalue weighted by Crippen LogP contribution is -2.35. The normalized spacial score (nSPS) is 11.1. The molecule has 1 aromatic rings. The van der Waals surface area contributed by atoms with Crippen molar-refractivity contribution in [3.05, 3.63) is 35.9 Å². The number of benzene rings is 1. The van der Waals surface area contributed by atoms with Crippen LogP contribution in [0.2, 0.25) is 0 Å². The molecule has 0 fully saturated rings. The molecule has 0 saturated heterocycles. The number of nitrogens with one attached hydrogen (secondary N) is 1. The van der Waals surface area contributed by atoms with E-state index in [9.17, 15) is 4.79 Å². The first-order chi connectivity index (χ1) is 7.29. The summed E-state index contributed by atoms with van der Waals surface area (Å²) in [5, 5.41) is 14.2. The summed E-state index contributed by atoms with van der Waals surface area (Å²) >= 11 is 0. The van der Waals surface area contributed by atoms with Crippen LogP contribution in [0, 0.1) is 0 Å². The van der Waals surface area contributed by atoms with Crippen molar-refractivity contribution >= 4 is 11.6 Å². The number of carbonyl (C=O) groups excluding carboxylic acids is 1. The van der Waals surface area contributed by atoms with E-state index in [0.717, 1.165) is 0 Å². The molecule has 0 unspecified atom stereocenters. The first kappa shape index (κ1) is 11.2. The second-order valence-electron chi connectivity index (χ2n) is 2.86. The Morgan fingerprint density at radius 1 is 1.40 bits per heavy atom. The van der Waals surface area contributed by atoms with Crippen LogP contribution in [-0.2, 0) is 4.79 Å². The SMILES string of the molecule is NCCNC(=O)C(=NO)c1ccccc1. The lowest BCUT2D eigenvalue weighted by Gasteiger charge is -2.04. The highest BCUT2D eigenvalue weighted by atomic mass is 16.4. The van der Waals surface area contributed by atoms with Crippen molar-refractivity contribution in [3.63, 3.8) is 0 Å². The second-order valence-corrected chi connectivity index (χ2v) is 2.86. The van der Waals surface area contributed by atoms with Gasteiger partial charge in [0.15, 0.2) is 5.71 Å². The van der Waals surface area contributed by atoms with E-state index in [1.165, 1.54) is 0 Å². The van der Waals surface area contributed by atoms with Gasteiger partial charge in [-0.3, -0.25) is 4.79 Å². The zero-order valence-electron chi connectivity index (χ0n) is 8.18. The van der Waals surface area contributed by atoms with Crippen LogP contribution < -0.4 is 11.1 Å². The third kappa shape index (κ3) is 3.07. The largest absolute Gasteiger partial charge is 0.410 e. The lowest BCUT2D eigenvalue weighted by atomic mass is 10.1. The van der Waals surface area contributed by atoms with Gasteiger partial charge in [0.05, 0.1) is 0 Å². The quantitative estimate of drug-likeness (QED) is 0.367. The maximum atomic E-state index is 11.5. The van der Waals surface area contributed by atoms with Crippen LogP contribution in [-0.4, -0.2) is 29.9 Å². The zero-order chi connectivity index (χ0) is 11.1. The highest BCUT2D eigenvalue weighted by Crippen LogP contribution is 2.00. The van der Waals surface area contributed by atoms with Gasteiger partial charge in [0.2, 0.25) is 0 Å². The molecule has 80 valence electrons. The van der Waals surface area contributed by atoms with E-state index in [1.807, 2.05) is 6.07 Å². The van der Waals surface area contributed by atoms with Crippen molar-refractivity contribution in [1.29, 1.82) is 0 Å². The van der Waals surface area contributed by atoms with Gasteiger partial charge in [-0.1, -0.05) is 35.5 Å². The highest BCUT2D eigenvalue weighted by Gasteiger charge is 2.13. The van der Waals surface area contributed by atoms with Gasteiger partial charge in [-0.05, 0) is 0 Å². The van der Waals surface area contributed by atoms with Crippen molar-refractivity contribution in [2.24, 2.45) is 10.9 Å². The van der Waals surface area contributed by atoms with Crippen LogP contribution in [0.15, 0.2) is 35.5 Å². The Bertz CT molecular complexity index is 349. The summed E-state index contributed by atoms with van der Waals surface area (Å²) in [4.78, 5) is 11.5. The standard InChI is InChI=1S/C10H13N3O2/c11-6-7-12-10(14)9(13-15)8-4-2-1-3-5-8/h1-5,15H,6-7,11H2,(H,12,14). The van der Waals surface area contributed by atoms with Crippen molar-refractivity contribution in [1.82, 2.24) is 5.32 Å². The van der Waals surface area contributed by atoms with Gasteiger partial charge in [0, 0.05) is 18.7 Å². The Morgan fingerprint density at radius 2 is 2.07 bits per heavy atom. The maximum Gasteiger partial charge on any atom is 0.273 e. The molecule has 1 amide bonds. The van der Waals surface area contributed by atoms with Crippen molar-refractivity contribution in [3.8, 4) is 0 Å². The van der Waals surface area contributed by atoms with Gasteiger partial charge >= 0.3 is 0 Å². The van der Waals surface area contributed by atoms with E-state index < -0.39 is 5.91 Å². The molecule has 0 atom stereocenters. The van der Waals surface area contributed by atoms with Gasteiger partial charge < -0.3 is 16.3 Å². The molecule has 0 aromatic heterocycles. The molecule has 0 heterocycles. The molecule has 0 spiro atoms. The number of carbonyl (C=O) groups is 1. The molecule has 5 nitrogen and oxygen atoms in total. The van der Waals surface area contributed by atoms with Gasteiger partial charge in [0.1, 0.15) is 0 Å². The van der Waals surface area contributed by atoms with E-state index in [1.54, 1.807) is 24.3 Å². The minimum atomic E-state index is -0.436. The first-order valence-electron chi connectivity index (χ1n) is 4.55. The summed E-state index contributed by atoms with van der Waals surface area (Å²) in [6.07, 6.45) is 0. The molecule has 0 aliphatic carbocycles. The highest BCUT2D eigenvalue weighted by molar-refractivity contribution is 6.45. The molecule has 0 radical (unpaired) electrons. The molecular weight excluding hydrogens is 194 g/mol. The van der Waals surface area contributed by atoms with Gasteiger partial charge in [-0.15, -0.1) is 0 Å². The van der Waals surface area contributed by atoms with Crippen LogP contribution in [0.5, 0.6) is 0 Å². The monoisotopic (exact) mass is 207 g/mol. The van der Waals surface area contributed by atoms with Crippen molar-refractivity contribution < 1.29 is 10.0 Å². The average Bonchev–Trinajstić information content (AvgIpc) is 2.29. The topological polar surface area (TPSA) is 87.7 Å². The summed E-state index contributed by atoms with van der Waals surface area (Å²) in [5.74, 6) is -0.436. The molecule has 0 aliphatic heterocycles. The average molecular weight is 207 g/mol. The van der Waals surface area contributed by atoms with Gasteiger partial charge in [0.25, 0.3) is 5.91 Å². The number of nitrogens with two attached hydrogens (primary N) is 1. The Kier molecular flexibility index (Phi) is 4.30. The molecule has 1 rings (SSSR count). The Balaban J connectivity index is 2.78. The summed E-state index contributed by atoms with van der Waals surface area (Å²) < 4.78 is 0. The van der Waals surface area contributed by atoms with Gasteiger partial charge in [-0.2, -0.15) is 0 Å². The first-order valence-corrected chi connectivity index (χ1v) is 4.55. The minimum Gasteiger partial charge on any atom is -0.410 e. The third-order valence-corrected chi connectivity index (χ3v) is 1.79. The minimum absolute atomic E-state index is 0.0101.